The zero-order valence-electron chi connectivity index (χ0n) is 14.5. The first-order valence-corrected chi connectivity index (χ1v) is 9.70. The van der Waals surface area contributed by atoms with E-state index < -0.39 is 0 Å². The zero-order valence-corrected chi connectivity index (χ0v) is 15.3. The molecular formula is C23H17N3S. The van der Waals surface area contributed by atoms with Crippen molar-refractivity contribution in [3.05, 3.63) is 90.3 Å². The number of rotatable bonds is 4. The Bertz CT molecular complexity index is 1190. The lowest BCUT2D eigenvalue weighted by molar-refractivity contribution is 1.38. The van der Waals surface area contributed by atoms with Gasteiger partial charge in [0, 0.05) is 27.4 Å². The second-order valence-electron chi connectivity index (χ2n) is 6.32. The van der Waals surface area contributed by atoms with Crippen molar-refractivity contribution < 1.29 is 0 Å². The molecule has 4 heteroatoms. The van der Waals surface area contributed by atoms with Gasteiger partial charge in [-0.2, -0.15) is 0 Å². The van der Waals surface area contributed by atoms with Crippen molar-refractivity contribution in [2.75, 3.05) is 5.32 Å². The molecule has 0 atom stereocenters. The van der Waals surface area contributed by atoms with Crippen LogP contribution < -0.4 is 5.32 Å². The average molecular weight is 367 g/mol. The van der Waals surface area contributed by atoms with E-state index in [2.05, 4.69) is 70.3 Å². The summed E-state index contributed by atoms with van der Waals surface area (Å²) in [5.74, 6) is 0. The van der Waals surface area contributed by atoms with Gasteiger partial charge in [0.25, 0.3) is 0 Å². The predicted molar refractivity (Wildman–Crippen MR) is 115 cm³/mol. The molecule has 0 bridgehead atoms. The number of thiazole rings is 1. The summed E-state index contributed by atoms with van der Waals surface area (Å²) in [5, 5.41) is 7.70. The van der Waals surface area contributed by atoms with Gasteiger partial charge in [-0.3, -0.25) is 0 Å². The number of hydrogen-bond acceptors (Lipinski definition) is 3. The summed E-state index contributed by atoms with van der Waals surface area (Å²) in [4.78, 5) is 8.34. The Kier molecular flexibility index (Phi) is 3.96. The lowest BCUT2D eigenvalue weighted by Gasteiger charge is -2.06. The summed E-state index contributed by atoms with van der Waals surface area (Å²) in [7, 11) is 0. The number of nitrogens with one attached hydrogen (secondary N) is 2. The van der Waals surface area contributed by atoms with Crippen molar-refractivity contribution in [3.63, 3.8) is 0 Å². The first-order chi connectivity index (χ1) is 13.4. The number of H-pyrrole nitrogens is 1. The molecule has 0 fully saturated rings. The largest absolute Gasteiger partial charge is 0.353 e. The van der Waals surface area contributed by atoms with Crippen LogP contribution >= 0.6 is 11.3 Å². The number of benzene rings is 3. The minimum absolute atomic E-state index is 0.885. The standard InChI is InChI=1S/C23H17N3S/c1-3-9-16(10-4-1)20-15-27-23(25-20)26-22-18-13-7-8-14-19(18)24-21(22)17-11-5-2-6-12-17/h1-15,24H,(H,25,26). The summed E-state index contributed by atoms with van der Waals surface area (Å²) in [5.41, 5.74) is 6.52. The van der Waals surface area contributed by atoms with Crippen molar-refractivity contribution in [2.45, 2.75) is 0 Å². The van der Waals surface area contributed by atoms with Crippen LogP contribution in [-0.2, 0) is 0 Å². The number of hydrogen-bond donors (Lipinski definition) is 2. The van der Waals surface area contributed by atoms with Gasteiger partial charge in [-0.25, -0.2) is 4.98 Å². The fourth-order valence-corrected chi connectivity index (χ4v) is 4.00. The Labute approximate surface area is 161 Å². The summed E-state index contributed by atoms with van der Waals surface area (Å²) in [6.45, 7) is 0. The van der Waals surface area contributed by atoms with Crippen molar-refractivity contribution in [2.24, 2.45) is 0 Å². The maximum absolute atomic E-state index is 4.79. The van der Waals surface area contributed by atoms with Crippen LogP contribution in [0.4, 0.5) is 10.8 Å². The van der Waals surface area contributed by atoms with Gasteiger partial charge < -0.3 is 10.3 Å². The molecule has 5 rings (SSSR count). The van der Waals surface area contributed by atoms with Gasteiger partial charge in [0.1, 0.15) is 0 Å². The number of anilines is 2. The SMILES string of the molecule is c1ccc(-c2csc(Nc3c(-c4ccccc4)[nH]c4ccccc34)n2)cc1. The summed E-state index contributed by atoms with van der Waals surface area (Å²) in [6, 6.07) is 29.0. The van der Waals surface area contributed by atoms with Crippen LogP contribution in [0.25, 0.3) is 33.4 Å². The molecule has 27 heavy (non-hydrogen) atoms. The molecule has 0 spiro atoms. The third kappa shape index (κ3) is 3.00. The van der Waals surface area contributed by atoms with E-state index >= 15 is 0 Å². The minimum atomic E-state index is 0.885. The normalized spacial score (nSPS) is 11.0. The number of fused-ring (bicyclic) bond motifs is 1. The van der Waals surface area contributed by atoms with Gasteiger partial charge in [-0.1, -0.05) is 78.9 Å². The highest BCUT2D eigenvalue weighted by atomic mass is 32.1. The molecule has 0 aliphatic heterocycles. The molecule has 0 amide bonds. The van der Waals surface area contributed by atoms with Crippen LogP contribution in [0.2, 0.25) is 0 Å². The molecule has 3 nitrogen and oxygen atoms in total. The molecule has 0 aliphatic carbocycles. The fraction of sp³-hybridized carbons (Fsp3) is 0. The molecule has 2 aromatic heterocycles. The highest BCUT2D eigenvalue weighted by Gasteiger charge is 2.14. The van der Waals surface area contributed by atoms with Gasteiger partial charge >= 0.3 is 0 Å². The molecule has 0 saturated carbocycles. The molecule has 2 N–H and O–H groups in total. The Morgan fingerprint density at radius 1 is 0.741 bits per heavy atom. The van der Waals surface area contributed by atoms with E-state index in [1.807, 2.05) is 30.3 Å². The van der Waals surface area contributed by atoms with Crippen LogP contribution in [0.5, 0.6) is 0 Å². The van der Waals surface area contributed by atoms with Gasteiger partial charge in [-0.05, 0) is 6.07 Å². The Morgan fingerprint density at radius 2 is 1.41 bits per heavy atom. The number of nitrogens with zero attached hydrogens (tertiary/aromatic N) is 1. The van der Waals surface area contributed by atoms with Gasteiger partial charge in [0.2, 0.25) is 0 Å². The van der Waals surface area contributed by atoms with Crippen molar-refractivity contribution >= 4 is 33.1 Å². The average Bonchev–Trinajstić information content (AvgIpc) is 3.35. The molecule has 0 aliphatic rings. The Morgan fingerprint density at radius 3 is 2.19 bits per heavy atom. The molecule has 2 heterocycles. The lowest BCUT2D eigenvalue weighted by Crippen LogP contribution is -1.91. The van der Waals surface area contributed by atoms with E-state index in [1.165, 1.54) is 0 Å². The predicted octanol–water partition coefficient (Wildman–Crippen LogP) is 6.70. The van der Waals surface area contributed by atoms with Crippen LogP contribution in [-0.4, -0.2) is 9.97 Å². The molecule has 0 radical (unpaired) electrons. The smallest absolute Gasteiger partial charge is 0.187 e. The molecule has 3 aromatic carbocycles. The van der Waals surface area contributed by atoms with E-state index in [9.17, 15) is 0 Å². The van der Waals surface area contributed by atoms with Crippen molar-refractivity contribution in [3.8, 4) is 22.5 Å². The zero-order chi connectivity index (χ0) is 18.1. The van der Waals surface area contributed by atoms with Crippen LogP contribution in [0.3, 0.4) is 0 Å². The van der Waals surface area contributed by atoms with E-state index in [1.54, 1.807) is 11.3 Å². The first kappa shape index (κ1) is 15.9. The quantitative estimate of drug-likeness (QED) is 0.371. The van der Waals surface area contributed by atoms with E-state index in [0.29, 0.717) is 0 Å². The van der Waals surface area contributed by atoms with E-state index in [-0.39, 0.29) is 0 Å². The molecule has 0 unspecified atom stereocenters. The lowest BCUT2D eigenvalue weighted by atomic mass is 10.1. The second-order valence-corrected chi connectivity index (χ2v) is 7.17. The van der Waals surface area contributed by atoms with Gasteiger partial charge in [0.05, 0.1) is 17.1 Å². The Balaban J connectivity index is 1.58. The minimum Gasteiger partial charge on any atom is -0.353 e. The number of para-hydroxylation sites is 1. The third-order valence-electron chi connectivity index (χ3n) is 4.57. The van der Waals surface area contributed by atoms with Gasteiger partial charge in [0.15, 0.2) is 5.13 Å². The van der Waals surface area contributed by atoms with Crippen LogP contribution in [0.15, 0.2) is 90.3 Å². The van der Waals surface area contributed by atoms with Crippen molar-refractivity contribution in [1.82, 2.24) is 9.97 Å². The number of aromatic nitrogens is 2. The molecule has 130 valence electrons. The van der Waals surface area contributed by atoms with E-state index in [4.69, 9.17) is 4.98 Å². The highest BCUT2D eigenvalue weighted by molar-refractivity contribution is 7.14. The highest BCUT2D eigenvalue weighted by Crippen LogP contribution is 2.38. The van der Waals surface area contributed by atoms with Crippen LogP contribution in [0.1, 0.15) is 0 Å². The number of aromatic amines is 1. The third-order valence-corrected chi connectivity index (χ3v) is 5.33. The van der Waals surface area contributed by atoms with Crippen LogP contribution in [0, 0.1) is 0 Å². The molecule has 0 saturated heterocycles. The second kappa shape index (κ2) is 6.74. The molecule has 5 aromatic rings. The maximum atomic E-state index is 4.79. The summed E-state index contributed by atoms with van der Waals surface area (Å²) < 4.78 is 0. The first-order valence-electron chi connectivity index (χ1n) is 8.82. The summed E-state index contributed by atoms with van der Waals surface area (Å²) in [6.07, 6.45) is 0. The topological polar surface area (TPSA) is 40.7 Å². The monoisotopic (exact) mass is 367 g/mol. The Hall–Kier alpha value is -3.37. The molecular weight excluding hydrogens is 350 g/mol. The maximum Gasteiger partial charge on any atom is 0.187 e. The van der Waals surface area contributed by atoms with E-state index in [0.717, 1.165) is 44.2 Å². The summed E-state index contributed by atoms with van der Waals surface area (Å²) >= 11 is 1.62. The van der Waals surface area contributed by atoms with Crippen molar-refractivity contribution in [1.29, 1.82) is 0 Å². The van der Waals surface area contributed by atoms with Gasteiger partial charge in [-0.15, -0.1) is 11.3 Å². The fourth-order valence-electron chi connectivity index (χ4n) is 3.27.